The van der Waals surface area contributed by atoms with E-state index < -0.39 is 0 Å². The molecular formula is C15H15NO3. The zero-order valence-corrected chi connectivity index (χ0v) is 10.6. The molecule has 0 saturated heterocycles. The van der Waals surface area contributed by atoms with E-state index in [-0.39, 0.29) is 12.9 Å². The zero-order chi connectivity index (χ0) is 13.2. The standard InChI is InChI=1S/C15H15NO3/c1-10(11-3-2-4-12(16)7-11)19-13-5-6-14-15(8-13)18-9-17-14/h2-8,10H,9,16H2,1H3. The number of nitrogen functional groups attached to an aromatic ring is 1. The molecule has 1 heterocycles. The number of benzene rings is 2. The van der Waals surface area contributed by atoms with Crippen LogP contribution < -0.4 is 19.9 Å². The summed E-state index contributed by atoms with van der Waals surface area (Å²) < 4.78 is 16.5. The first kappa shape index (κ1) is 11.7. The van der Waals surface area contributed by atoms with Gasteiger partial charge in [-0.3, -0.25) is 0 Å². The van der Waals surface area contributed by atoms with E-state index in [0.717, 1.165) is 28.5 Å². The molecule has 2 aromatic carbocycles. The summed E-state index contributed by atoms with van der Waals surface area (Å²) in [6.07, 6.45) is -0.0797. The van der Waals surface area contributed by atoms with E-state index in [1.54, 1.807) is 0 Å². The summed E-state index contributed by atoms with van der Waals surface area (Å²) in [6, 6.07) is 13.2. The van der Waals surface area contributed by atoms with E-state index in [0.29, 0.717) is 0 Å². The minimum atomic E-state index is -0.0797. The van der Waals surface area contributed by atoms with Gasteiger partial charge >= 0.3 is 0 Å². The van der Waals surface area contributed by atoms with Crippen LogP contribution in [0.1, 0.15) is 18.6 Å². The molecule has 0 bridgehead atoms. The molecule has 0 amide bonds. The minimum Gasteiger partial charge on any atom is -0.486 e. The first-order valence-corrected chi connectivity index (χ1v) is 6.14. The molecule has 3 rings (SSSR count). The van der Waals surface area contributed by atoms with Crippen LogP contribution in [-0.2, 0) is 0 Å². The lowest BCUT2D eigenvalue weighted by Gasteiger charge is -2.15. The maximum Gasteiger partial charge on any atom is 0.231 e. The van der Waals surface area contributed by atoms with Crippen molar-refractivity contribution in [3.8, 4) is 17.2 Å². The van der Waals surface area contributed by atoms with Crippen LogP contribution in [0, 0.1) is 0 Å². The summed E-state index contributed by atoms with van der Waals surface area (Å²) in [5.41, 5.74) is 7.55. The molecule has 98 valence electrons. The van der Waals surface area contributed by atoms with Gasteiger partial charge in [0.1, 0.15) is 11.9 Å². The summed E-state index contributed by atoms with van der Waals surface area (Å²) in [6.45, 7) is 2.25. The quantitative estimate of drug-likeness (QED) is 0.858. The molecule has 0 spiro atoms. The molecule has 0 aliphatic carbocycles. The van der Waals surface area contributed by atoms with Gasteiger partial charge in [0.25, 0.3) is 0 Å². The number of ether oxygens (including phenoxy) is 3. The van der Waals surface area contributed by atoms with Gasteiger partial charge in [-0.15, -0.1) is 0 Å². The van der Waals surface area contributed by atoms with Crippen molar-refractivity contribution in [3.05, 3.63) is 48.0 Å². The fourth-order valence-electron chi connectivity index (χ4n) is 2.03. The number of fused-ring (bicyclic) bond motifs is 1. The third-order valence-electron chi connectivity index (χ3n) is 3.04. The summed E-state index contributed by atoms with van der Waals surface area (Å²) in [5.74, 6) is 2.22. The second-order valence-electron chi connectivity index (χ2n) is 4.45. The monoisotopic (exact) mass is 257 g/mol. The lowest BCUT2D eigenvalue weighted by Crippen LogP contribution is -2.03. The summed E-state index contributed by atoms with van der Waals surface area (Å²) >= 11 is 0. The highest BCUT2D eigenvalue weighted by molar-refractivity contribution is 5.47. The molecule has 0 fully saturated rings. The van der Waals surface area contributed by atoms with Gasteiger partial charge < -0.3 is 19.9 Å². The Morgan fingerprint density at radius 3 is 2.79 bits per heavy atom. The predicted octanol–water partition coefficient (Wildman–Crippen LogP) is 3.14. The van der Waals surface area contributed by atoms with Gasteiger partial charge in [0, 0.05) is 11.8 Å². The van der Waals surface area contributed by atoms with Gasteiger partial charge in [-0.1, -0.05) is 12.1 Å². The lowest BCUT2D eigenvalue weighted by atomic mass is 10.1. The molecule has 1 aliphatic heterocycles. The van der Waals surface area contributed by atoms with Crippen LogP contribution in [0.25, 0.3) is 0 Å². The Morgan fingerprint density at radius 2 is 1.95 bits per heavy atom. The van der Waals surface area contributed by atoms with Gasteiger partial charge in [-0.25, -0.2) is 0 Å². The molecular weight excluding hydrogens is 242 g/mol. The number of anilines is 1. The maximum atomic E-state index is 5.89. The van der Waals surface area contributed by atoms with Crippen LogP contribution >= 0.6 is 0 Å². The first-order valence-electron chi connectivity index (χ1n) is 6.14. The summed E-state index contributed by atoms with van der Waals surface area (Å²) in [4.78, 5) is 0. The number of hydrogen-bond acceptors (Lipinski definition) is 4. The zero-order valence-electron chi connectivity index (χ0n) is 10.6. The first-order chi connectivity index (χ1) is 9.22. The fourth-order valence-corrected chi connectivity index (χ4v) is 2.03. The summed E-state index contributed by atoms with van der Waals surface area (Å²) in [5, 5.41) is 0. The fraction of sp³-hybridized carbons (Fsp3) is 0.200. The van der Waals surface area contributed by atoms with E-state index >= 15 is 0 Å². The van der Waals surface area contributed by atoms with Crippen molar-refractivity contribution >= 4 is 5.69 Å². The van der Waals surface area contributed by atoms with E-state index in [1.165, 1.54) is 0 Å². The molecule has 19 heavy (non-hydrogen) atoms. The molecule has 1 aliphatic rings. The molecule has 4 nitrogen and oxygen atoms in total. The Bertz CT molecular complexity index is 598. The number of rotatable bonds is 3. The highest BCUT2D eigenvalue weighted by atomic mass is 16.7. The Kier molecular flexibility index (Phi) is 2.91. The van der Waals surface area contributed by atoms with Crippen LogP contribution in [0.5, 0.6) is 17.2 Å². The molecule has 1 unspecified atom stereocenters. The van der Waals surface area contributed by atoms with Gasteiger partial charge in [-0.2, -0.15) is 0 Å². The third kappa shape index (κ3) is 2.42. The Morgan fingerprint density at radius 1 is 1.11 bits per heavy atom. The normalized spacial score (nSPS) is 14.2. The van der Waals surface area contributed by atoms with Crippen molar-refractivity contribution in [2.75, 3.05) is 12.5 Å². The Hall–Kier alpha value is -2.36. The van der Waals surface area contributed by atoms with Gasteiger partial charge in [-0.05, 0) is 36.8 Å². The van der Waals surface area contributed by atoms with E-state index in [9.17, 15) is 0 Å². The minimum absolute atomic E-state index is 0.0797. The molecule has 0 aromatic heterocycles. The third-order valence-corrected chi connectivity index (χ3v) is 3.04. The van der Waals surface area contributed by atoms with Crippen LogP contribution in [-0.4, -0.2) is 6.79 Å². The van der Waals surface area contributed by atoms with Crippen molar-refractivity contribution in [1.82, 2.24) is 0 Å². The Balaban J connectivity index is 1.77. The largest absolute Gasteiger partial charge is 0.486 e. The number of nitrogens with two attached hydrogens (primary N) is 1. The second kappa shape index (κ2) is 4.72. The Labute approximate surface area is 111 Å². The SMILES string of the molecule is CC(Oc1ccc2c(c1)OCO2)c1cccc(N)c1. The van der Waals surface area contributed by atoms with Crippen LogP contribution in [0.4, 0.5) is 5.69 Å². The molecule has 2 N–H and O–H groups in total. The molecule has 2 aromatic rings. The molecule has 0 saturated carbocycles. The van der Waals surface area contributed by atoms with Crippen molar-refractivity contribution in [1.29, 1.82) is 0 Å². The van der Waals surface area contributed by atoms with Gasteiger partial charge in [0.2, 0.25) is 6.79 Å². The van der Waals surface area contributed by atoms with Crippen molar-refractivity contribution < 1.29 is 14.2 Å². The van der Waals surface area contributed by atoms with Crippen LogP contribution in [0.2, 0.25) is 0 Å². The average molecular weight is 257 g/mol. The average Bonchev–Trinajstić information content (AvgIpc) is 2.86. The van der Waals surface area contributed by atoms with E-state index in [1.807, 2.05) is 49.4 Å². The summed E-state index contributed by atoms with van der Waals surface area (Å²) in [7, 11) is 0. The van der Waals surface area contributed by atoms with Crippen molar-refractivity contribution in [2.24, 2.45) is 0 Å². The van der Waals surface area contributed by atoms with E-state index in [2.05, 4.69) is 0 Å². The highest BCUT2D eigenvalue weighted by Crippen LogP contribution is 2.36. The van der Waals surface area contributed by atoms with Crippen molar-refractivity contribution in [3.63, 3.8) is 0 Å². The predicted molar refractivity (Wildman–Crippen MR) is 72.5 cm³/mol. The molecule has 0 radical (unpaired) electrons. The molecule has 4 heteroatoms. The topological polar surface area (TPSA) is 53.7 Å². The highest BCUT2D eigenvalue weighted by Gasteiger charge is 2.15. The van der Waals surface area contributed by atoms with Crippen LogP contribution in [0.3, 0.4) is 0 Å². The van der Waals surface area contributed by atoms with Crippen molar-refractivity contribution in [2.45, 2.75) is 13.0 Å². The molecule has 1 atom stereocenters. The van der Waals surface area contributed by atoms with Crippen LogP contribution in [0.15, 0.2) is 42.5 Å². The van der Waals surface area contributed by atoms with E-state index in [4.69, 9.17) is 19.9 Å². The maximum absolute atomic E-state index is 5.89. The smallest absolute Gasteiger partial charge is 0.231 e. The second-order valence-corrected chi connectivity index (χ2v) is 4.45. The van der Waals surface area contributed by atoms with Gasteiger partial charge in [0.05, 0.1) is 0 Å². The number of hydrogen-bond donors (Lipinski definition) is 1. The lowest BCUT2D eigenvalue weighted by molar-refractivity contribution is 0.173. The van der Waals surface area contributed by atoms with Gasteiger partial charge in [0.15, 0.2) is 11.5 Å².